The maximum Gasteiger partial charge on any atom is 0.0396 e. The molecule has 0 spiro atoms. The summed E-state index contributed by atoms with van der Waals surface area (Å²) < 4.78 is 0. The first-order valence-electron chi connectivity index (χ1n) is 8.37. The molecular weight excluding hydrogens is 264 g/mol. The fourth-order valence-corrected chi connectivity index (χ4v) is 2.42. The molecule has 20 heavy (non-hydrogen) atoms. The van der Waals surface area contributed by atoms with E-state index in [1.165, 1.54) is 24.3 Å². The van der Waals surface area contributed by atoms with Crippen LogP contribution in [0.1, 0.15) is 61.7 Å². The molecule has 0 aromatic heterocycles. The summed E-state index contributed by atoms with van der Waals surface area (Å²) in [6.45, 7) is 18.5. The fraction of sp³-hybridized carbons (Fsp3) is 0.824. The summed E-state index contributed by atoms with van der Waals surface area (Å²) in [5.74, 6) is 0. The highest BCUT2D eigenvalue weighted by Gasteiger charge is 2.20. The first kappa shape index (κ1) is 22.0. The summed E-state index contributed by atoms with van der Waals surface area (Å²) in [4.78, 5) is 3.73. The summed E-state index contributed by atoms with van der Waals surface area (Å²) in [5.41, 5.74) is 0. The normalized spacial score (nSPS) is 17.1. The minimum Gasteiger partial charge on any atom is -0.309 e. The topological polar surface area (TPSA) is 15.3 Å². The lowest BCUT2D eigenvalue weighted by Gasteiger charge is -2.22. The van der Waals surface area contributed by atoms with Gasteiger partial charge in [0, 0.05) is 18.9 Å². The second kappa shape index (κ2) is 16.8. The van der Waals surface area contributed by atoms with Gasteiger partial charge in [0.1, 0.15) is 0 Å². The molecule has 0 aliphatic carbocycles. The smallest absolute Gasteiger partial charge is 0.0396 e. The molecule has 122 valence electrons. The number of hydrogen-bond acceptors (Lipinski definition) is 3. The molecule has 1 saturated heterocycles. The maximum absolute atomic E-state index is 5.34. The lowest BCUT2D eigenvalue weighted by molar-refractivity contribution is 0.277. The van der Waals surface area contributed by atoms with Crippen molar-refractivity contribution in [3.8, 4) is 0 Å². The Morgan fingerprint density at radius 2 is 2.00 bits per heavy atom. The van der Waals surface area contributed by atoms with Crippen LogP contribution in [0.15, 0.2) is 12.7 Å². The van der Waals surface area contributed by atoms with Crippen LogP contribution >= 0.6 is 12.2 Å². The Labute approximate surface area is 134 Å². The molecule has 0 amide bonds. The van der Waals surface area contributed by atoms with Gasteiger partial charge in [0.15, 0.2) is 0 Å². The monoisotopic (exact) mass is 302 g/mol. The highest BCUT2D eigenvalue weighted by atomic mass is 32.1. The third-order valence-electron chi connectivity index (χ3n) is 3.21. The van der Waals surface area contributed by atoms with E-state index in [0.717, 1.165) is 32.5 Å². The van der Waals surface area contributed by atoms with E-state index in [9.17, 15) is 0 Å². The predicted molar refractivity (Wildman–Crippen MR) is 100.0 cm³/mol. The van der Waals surface area contributed by atoms with Gasteiger partial charge in [0.25, 0.3) is 0 Å². The Morgan fingerprint density at radius 3 is 2.45 bits per heavy atom. The van der Waals surface area contributed by atoms with Crippen LogP contribution in [-0.4, -0.2) is 42.0 Å². The summed E-state index contributed by atoms with van der Waals surface area (Å²) in [6.07, 6.45) is 6.60. The summed E-state index contributed by atoms with van der Waals surface area (Å²) in [5, 5.41) is 3.47. The van der Waals surface area contributed by atoms with Gasteiger partial charge in [-0.3, -0.25) is 0 Å². The summed E-state index contributed by atoms with van der Waals surface area (Å²) >= 11 is 5.34. The highest BCUT2D eigenvalue weighted by molar-refractivity contribution is 7.80. The zero-order chi connectivity index (χ0) is 15.8. The van der Waals surface area contributed by atoms with Crippen molar-refractivity contribution < 1.29 is 1.43 Å². The zero-order valence-corrected chi connectivity index (χ0v) is 15.2. The van der Waals surface area contributed by atoms with Crippen molar-refractivity contribution in [3.05, 3.63) is 12.7 Å². The average molecular weight is 303 g/mol. The molecule has 2 nitrogen and oxygen atoms in total. The molecule has 0 aromatic carbocycles. The zero-order valence-electron chi connectivity index (χ0n) is 14.4. The lowest BCUT2D eigenvalue weighted by Crippen LogP contribution is -2.33. The van der Waals surface area contributed by atoms with Crippen LogP contribution in [0.4, 0.5) is 0 Å². The molecule has 1 aliphatic heterocycles. The standard InChI is InChI=1S/C13H24N2S.2C2H6.H2/c1-3-5-6-10-15(4-2)11-8-12-13(16)7-9-14-12;2*1-2;/h3,12,14H,1,4-11H2,2H3;2*1-2H3;1H. The largest absolute Gasteiger partial charge is 0.309 e. The quantitative estimate of drug-likeness (QED) is 0.398. The second-order valence-corrected chi connectivity index (χ2v) is 4.90. The van der Waals surface area contributed by atoms with Gasteiger partial charge in [-0.15, -0.1) is 6.58 Å². The first-order valence-corrected chi connectivity index (χ1v) is 8.78. The number of nitrogens with one attached hydrogen (secondary N) is 1. The van der Waals surface area contributed by atoms with E-state index in [2.05, 4.69) is 23.7 Å². The van der Waals surface area contributed by atoms with Gasteiger partial charge in [-0.1, -0.05) is 52.9 Å². The molecule has 1 N–H and O–H groups in total. The predicted octanol–water partition coefficient (Wildman–Crippen LogP) is 4.69. The van der Waals surface area contributed by atoms with Gasteiger partial charge in [-0.2, -0.15) is 0 Å². The Bertz CT molecular complexity index is 235. The molecule has 3 heteroatoms. The Balaban J connectivity index is -0.000000595. The van der Waals surface area contributed by atoms with Gasteiger partial charge < -0.3 is 10.2 Å². The van der Waals surface area contributed by atoms with E-state index in [-0.39, 0.29) is 1.43 Å². The molecule has 0 bridgehead atoms. The molecule has 1 aliphatic rings. The van der Waals surface area contributed by atoms with Crippen LogP contribution in [0, 0.1) is 0 Å². The minimum atomic E-state index is 0. The molecule has 0 radical (unpaired) electrons. The Kier molecular flexibility index (Phi) is 18.5. The average Bonchev–Trinajstić information content (AvgIpc) is 2.92. The van der Waals surface area contributed by atoms with E-state index < -0.39 is 0 Å². The molecule has 0 saturated carbocycles. The van der Waals surface area contributed by atoms with Gasteiger partial charge in [0.2, 0.25) is 0 Å². The van der Waals surface area contributed by atoms with Crippen LogP contribution in [0.3, 0.4) is 0 Å². The second-order valence-electron chi connectivity index (χ2n) is 4.38. The van der Waals surface area contributed by atoms with Crippen molar-refractivity contribution in [1.29, 1.82) is 0 Å². The van der Waals surface area contributed by atoms with E-state index in [1.54, 1.807) is 0 Å². The van der Waals surface area contributed by atoms with E-state index in [0.29, 0.717) is 6.04 Å². The van der Waals surface area contributed by atoms with Gasteiger partial charge in [-0.25, -0.2) is 0 Å². The van der Waals surface area contributed by atoms with Crippen LogP contribution in [0.5, 0.6) is 0 Å². The Morgan fingerprint density at radius 1 is 1.35 bits per heavy atom. The number of thiocarbonyl (C=S) groups is 1. The van der Waals surface area contributed by atoms with Crippen molar-refractivity contribution >= 4 is 17.1 Å². The van der Waals surface area contributed by atoms with Crippen molar-refractivity contribution in [1.82, 2.24) is 10.2 Å². The van der Waals surface area contributed by atoms with Gasteiger partial charge in [-0.05, 0) is 45.3 Å². The van der Waals surface area contributed by atoms with Crippen LogP contribution in [-0.2, 0) is 0 Å². The summed E-state index contributed by atoms with van der Waals surface area (Å²) in [7, 11) is 0. The minimum absolute atomic E-state index is 0. The van der Waals surface area contributed by atoms with E-state index in [4.69, 9.17) is 12.2 Å². The Hall–Kier alpha value is -0.250. The molecular formula is C17H38N2S. The number of allylic oxidation sites excluding steroid dienone is 1. The van der Waals surface area contributed by atoms with Crippen LogP contribution in [0.25, 0.3) is 0 Å². The maximum atomic E-state index is 5.34. The van der Waals surface area contributed by atoms with Crippen LogP contribution in [0.2, 0.25) is 0 Å². The van der Waals surface area contributed by atoms with Crippen molar-refractivity contribution in [3.63, 3.8) is 0 Å². The van der Waals surface area contributed by atoms with Gasteiger partial charge in [0.05, 0.1) is 0 Å². The molecule has 1 heterocycles. The summed E-state index contributed by atoms with van der Waals surface area (Å²) in [6, 6.07) is 0.489. The molecule has 1 unspecified atom stereocenters. The molecule has 1 atom stereocenters. The van der Waals surface area contributed by atoms with Crippen molar-refractivity contribution in [2.75, 3.05) is 26.2 Å². The first-order chi connectivity index (χ1) is 9.77. The highest BCUT2D eigenvalue weighted by Crippen LogP contribution is 2.08. The van der Waals surface area contributed by atoms with Gasteiger partial charge >= 0.3 is 0 Å². The molecule has 1 fully saturated rings. The third kappa shape index (κ3) is 10.5. The molecule has 1 rings (SSSR count). The van der Waals surface area contributed by atoms with E-state index in [1.807, 2.05) is 33.8 Å². The van der Waals surface area contributed by atoms with E-state index >= 15 is 0 Å². The number of rotatable bonds is 8. The van der Waals surface area contributed by atoms with Crippen molar-refractivity contribution in [2.24, 2.45) is 0 Å². The van der Waals surface area contributed by atoms with Crippen molar-refractivity contribution in [2.45, 2.75) is 66.3 Å². The lowest BCUT2D eigenvalue weighted by atomic mass is 10.1. The number of nitrogens with zero attached hydrogens (tertiary/aromatic N) is 1. The third-order valence-corrected chi connectivity index (χ3v) is 3.70. The number of hydrogen-bond donors (Lipinski definition) is 1. The molecule has 0 aromatic rings. The fourth-order valence-electron chi connectivity index (χ4n) is 2.12. The van der Waals surface area contributed by atoms with Crippen LogP contribution < -0.4 is 5.32 Å². The number of unbranched alkanes of at least 4 members (excludes halogenated alkanes) is 1. The SMILES string of the molecule is C=CCCCN(CC)CCC1NCCC1=S.CC.CC.[HH].